The Morgan fingerprint density at radius 3 is 2.35 bits per heavy atom. The molecule has 3 rings (SSSR count). The van der Waals surface area contributed by atoms with Crippen molar-refractivity contribution in [3.63, 3.8) is 0 Å². The summed E-state index contributed by atoms with van der Waals surface area (Å²) in [5, 5.41) is 5.37. The summed E-state index contributed by atoms with van der Waals surface area (Å²) in [4.78, 5) is 8.61. The summed E-state index contributed by atoms with van der Waals surface area (Å²) in [6.07, 6.45) is -4.54. The lowest BCUT2D eigenvalue weighted by Crippen LogP contribution is -2.07. The summed E-state index contributed by atoms with van der Waals surface area (Å²) >= 11 is 5.65. The van der Waals surface area contributed by atoms with Gasteiger partial charge in [-0.2, -0.15) is 18.2 Å². The Balaban J connectivity index is 1.98. The normalized spacial score (nSPS) is 11.3. The Kier molecular flexibility index (Phi) is 4.99. The topological polar surface area (TPSA) is 49.8 Å². The average molecular weight is 379 g/mol. The molecule has 0 saturated carbocycles. The molecule has 3 aromatic rings. The van der Waals surface area contributed by atoms with Crippen LogP contribution in [0.15, 0.2) is 54.6 Å². The Bertz CT molecular complexity index is 914. The molecule has 0 fully saturated rings. The van der Waals surface area contributed by atoms with Gasteiger partial charge in [-0.3, -0.25) is 0 Å². The van der Waals surface area contributed by atoms with E-state index >= 15 is 0 Å². The molecule has 134 valence electrons. The van der Waals surface area contributed by atoms with Crippen LogP contribution in [-0.2, 0) is 6.18 Å². The van der Waals surface area contributed by atoms with Gasteiger partial charge in [0.1, 0.15) is 5.82 Å². The van der Waals surface area contributed by atoms with E-state index in [1.54, 1.807) is 13.1 Å². The van der Waals surface area contributed by atoms with Gasteiger partial charge in [0.05, 0.1) is 16.3 Å². The first-order valence-electron chi connectivity index (χ1n) is 7.63. The third kappa shape index (κ3) is 4.05. The molecule has 1 aromatic heterocycles. The van der Waals surface area contributed by atoms with Gasteiger partial charge in [-0.25, -0.2) is 4.98 Å². The highest BCUT2D eigenvalue weighted by atomic mass is 35.5. The minimum Gasteiger partial charge on any atom is -0.357 e. The van der Waals surface area contributed by atoms with Gasteiger partial charge in [0.2, 0.25) is 5.95 Å². The molecule has 0 spiro atoms. The smallest absolute Gasteiger partial charge is 0.357 e. The van der Waals surface area contributed by atoms with Gasteiger partial charge in [-0.15, -0.1) is 0 Å². The van der Waals surface area contributed by atoms with Gasteiger partial charge >= 0.3 is 6.18 Å². The number of nitrogens with one attached hydrogen (secondary N) is 2. The fourth-order valence-electron chi connectivity index (χ4n) is 2.35. The van der Waals surface area contributed by atoms with E-state index in [9.17, 15) is 13.2 Å². The van der Waals surface area contributed by atoms with E-state index in [1.807, 2.05) is 30.3 Å². The van der Waals surface area contributed by atoms with Crippen LogP contribution in [0.3, 0.4) is 0 Å². The largest absolute Gasteiger partial charge is 0.417 e. The predicted octanol–water partition coefficient (Wildman–Crippen LogP) is 5.60. The lowest BCUT2D eigenvalue weighted by atomic mass is 10.1. The van der Waals surface area contributed by atoms with Crippen LogP contribution < -0.4 is 10.6 Å². The maximum Gasteiger partial charge on any atom is 0.417 e. The first kappa shape index (κ1) is 18.0. The predicted molar refractivity (Wildman–Crippen MR) is 96.8 cm³/mol. The highest BCUT2D eigenvalue weighted by Gasteiger charge is 2.33. The number of nitrogens with zero attached hydrogens (tertiary/aromatic N) is 2. The Morgan fingerprint density at radius 2 is 1.69 bits per heavy atom. The van der Waals surface area contributed by atoms with Crippen molar-refractivity contribution in [1.29, 1.82) is 0 Å². The fourth-order valence-corrected chi connectivity index (χ4v) is 2.57. The van der Waals surface area contributed by atoms with Gasteiger partial charge in [0.15, 0.2) is 0 Å². The number of hydrogen-bond acceptors (Lipinski definition) is 4. The molecular formula is C18H14ClF3N4. The summed E-state index contributed by atoms with van der Waals surface area (Å²) in [7, 11) is 1.66. The average Bonchev–Trinajstić information content (AvgIpc) is 2.63. The zero-order valence-corrected chi connectivity index (χ0v) is 14.4. The molecule has 1 heterocycles. The molecule has 0 unspecified atom stereocenters. The van der Waals surface area contributed by atoms with E-state index in [0.717, 1.165) is 11.6 Å². The maximum absolute atomic E-state index is 13.0. The highest BCUT2D eigenvalue weighted by Crippen LogP contribution is 2.36. The quantitative estimate of drug-likeness (QED) is 0.620. The van der Waals surface area contributed by atoms with Crippen molar-refractivity contribution in [3.8, 4) is 11.3 Å². The lowest BCUT2D eigenvalue weighted by molar-refractivity contribution is -0.137. The number of alkyl halides is 3. The number of halogens is 4. The van der Waals surface area contributed by atoms with Crippen LogP contribution in [-0.4, -0.2) is 17.0 Å². The van der Waals surface area contributed by atoms with Gasteiger partial charge in [-0.05, 0) is 18.2 Å². The van der Waals surface area contributed by atoms with Crippen LogP contribution in [0, 0.1) is 0 Å². The second kappa shape index (κ2) is 7.21. The minimum atomic E-state index is -4.54. The molecule has 0 radical (unpaired) electrons. The summed E-state index contributed by atoms with van der Waals surface area (Å²) in [5.41, 5.74) is 0.816. The van der Waals surface area contributed by atoms with Crippen LogP contribution in [0.5, 0.6) is 0 Å². The molecule has 8 heteroatoms. The lowest BCUT2D eigenvalue weighted by Gasteiger charge is -2.13. The van der Waals surface area contributed by atoms with Crippen LogP contribution in [0.2, 0.25) is 5.02 Å². The van der Waals surface area contributed by atoms with Crippen molar-refractivity contribution in [1.82, 2.24) is 9.97 Å². The SMILES string of the molecule is CNc1nc(Nc2ccc(Cl)c(C(F)(F)F)c2)cc(-c2ccccc2)n1. The van der Waals surface area contributed by atoms with Crippen molar-refractivity contribution in [2.75, 3.05) is 17.7 Å². The van der Waals surface area contributed by atoms with E-state index in [4.69, 9.17) is 11.6 Å². The zero-order chi connectivity index (χ0) is 18.7. The molecule has 2 aromatic carbocycles. The number of anilines is 3. The molecule has 0 aliphatic carbocycles. The van der Waals surface area contributed by atoms with E-state index in [-0.39, 0.29) is 10.7 Å². The van der Waals surface area contributed by atoms with E-state index in [1.165, 1.54) is 12.1 Å². The van der Waals surface area contributed by atoms with E-state index in [0.29, 0.717) is 17.5 Å². The Hall–Kier alpha value is -2.80. The first-order valence-corrected chi connectivity index (χ1v) is 8.00. The molecule has 4 nitrogen and oxygen atoms in total. The third-order valence-electron chi connectivity index (χ3n) is 3.56. The first-order chi connectivity index (χ1) is 12.4. The van der Waals surface area contributed by atoms with E-state index < -0.39 is 11.7 Å². The van der Waals surface area contributed by atoms with Crippen molar-refractivity contribution < 1.29 is 13.2 Å². The summed E-state index contributed by atoms with van der Waals surface area (Å²) in [5.74, 6) is 0.706. The summed E-state index contributed by atoms with van der Waals surface area (Å²) in [6, 6.07) is 14.7. The molecule has 0 aliphatic rings. The number of hydrogen-bond donors (Lipinski definition) is 2. The van der Waals surface area contributed by atoms with Crippen LogP contribution >= 0.6 is 11.6 Å². The number of aromatic nitrogens is 2. The summed E-state index contributed by atoms with van der Waals surface area (Å²) in [6.45, 7) is 0. The van der Waals surface area contributed by atoms with Crippen LogP contribution in [0.4, 0.5) is 30.6 Å². The third-order valence-corrected chi connectivity index (χ3v) is 3.89. The summed E-state index contributed by atoms with van der Waals surface area (Å²) < 4.78 is 39.1. The van der Waals surface area contributed by atoms with Gasteiger partial charge in [0.25, 0.3) is 0 Å². The van der Waals surface area contributed by atoms with E-state index in [2.05, 4.69) is 20.6 Å². The molecule has 0 saturated heterocycles. The molecule has 26 heavy (non-hydrogen) atoms. The molecule has 0 amide bonds. The van der Waals surface area contributed by atoms with Gasteiger partial charge in [-0.1, -0.05) is 41.9 Å². The minimum absolute atomic E-state index is 0.224. The Morgan fingerprint density at radius 1 is 0.962 bits per heavy atom. The van der Waals surface area contributed by atoms with Crippen molar-refractivity contribution in [3.05, 3.63) is 65.2 Å². The molecule has 2 N–H and O–H groups in total. The van der Waals surface area contributed by atoms with Crippen LogP contribution in [0.25, 0.3) is 11.3 Å². The molecular weight excluding hydrogens is 365 g/mol. The van der Waals surface area contributed by atoms with Crippen LogP contribution in [0.1, 0.15) is 5.56 Å². The standard InChI is InChI=1S/C18H14ClF3N4/c1-23-17-25-15(11-5-3-2-4-6-11)10-16(26-17)24-12-7-8-14(19)13(9-12)18(20,21)22/h2-10H,1H3,(H2,23,24,25,26). The second-order valence-corrected chi connectivity index (χ2v) is 5.80. The molecule has 0 bridgehead atoms. The number of rotatable bonds is 4. The fraction of sp³-hybridized carbons (Fsp3) is 0.111. The highest BCUT2D eigenvalue weighted by molar-refractivity contribution is 6.31. The monoisotopic (exact) mass is 378 g/mol. The van der Waals surface area contributed by atoms with Gasteiger partial charge in [0, 0.05) is 24.4 Å². The van der Waals surface area contributed by atoms with Crippen molar-refractivity contribution >= 4 is 29.1 Å². The maximum atomic E-state index is 13.0. The van der Waals surface area contributed by atoms with Gasteiger partial charge < -0.3 is 10.6 Å². The second-order valence-electron chi connectivity index (χ2n) is 5.40. The zero-order valence-electron chi connectivity index (χ0n) is 13.6. The number of benzene rings is 2. The molecule has 0 atom stereocenters. The van der Waals surface area contributed by atoms with Crippen molar-refractivity contribution in [2.45, 2.75) is 6.18 Å². The Labute approximate surface area is 153 Å². The molecule has 0 aliphatic heterocycles. The van der Waals surface area contributed by atoms with Crippen molar-refractivity contribution in [2.24, 2.45) is 0 Å².